The van der Waals surface area contributed by atoms with Gasteiger partial charge in [-0.2, -0.15) is 5.10 Å². The molecule has 3 aromatic rings. The summed E-state index contributed by atoms with van der Waals surface area (Å²) in [5.74, 6) is -2.85. The summed E-state index contributed by atoms with van der Waals surface area (Å²) in [6.45, 7) is 0.101. The molecule has 154 valence electrons. The SMILES string of the molecule is O=C(NCc1cccnc1)C(=O)Nc1c2c(nn1-c1ccc(F)cc1)CS(=O)(=O)C2. The second-order valence-electron chi connectivity index (χ2n) is 6.69. The van der Waals surface area contributed by atoms with Crippen LogP contribution in [0.5, 0.6) is 0 Å². The van der Waals surface area contributed by atoms with Crippen molar-refractivity contribution in [2.75, 3.05) is 5.32 Å². The van der Waals surface area contributed by atoms with E-state index in [0.29, 0.717) is 16.8 Å². The molecule has 30 heavy (non-hydrogen) atoms. The van der Waals surface area contributed by atoms with E-state index in [0.717, 1.165) is 0 Å². The van der Waals surface area contributed by atoms with Crippen LogP contribution in [0.25, 0.3) is 5.69 Å². The molecule has 0 fully saturated rings. The molecule has 11 heteroatoms. The van der Waals surface area contributed by atoms with E-state index in [1.54, 1.807) is 24.5 Å². The summed E-state index contributed by atoms with van der Waals surface area (Å²) in [6, 6.07) is 8.74. The van der Waals surface area contributed by atoms with Crippen molar-refractivity contribution in [2.24, 2.45) is 0 Å². The number of aromatic nitrogens is 3. The van der Waals surface area contributed by atoms with Gasteiger partial charge in [0.15, 0.2) is 9.84 Å². The minimum absolute atomic E-state index is 0.0687. The Kier molecular flexibility index (Phi) is 5.04. The van der Waals surface area contributed by atoms with E-state index < -0.39 is 27.5 Å². The largest absolute Gasteiger partial charge is 0.344 e. The fraction of sp³-hybridized carbons (Fsp3) is 0.158. The number of benzene rings is 1. The molecular formula is C19H16FN5O4S. The lowest BCUT2D eigenvalue weighted by Crippen LogP contribution is -2.35. The number of halogens is 1. The molecule has 0 radical (unpaired) electrons. The maximum Gasteiger partial charge on any atom is 0.314 e. The van der Waals surface area contributed by atoms with E-state index in [2.05, 4.69) is 20.7 Å². The average molecular weight is 429 g/mol. The molecule has 1 aliphatic rings. The summed E-state index contributed by atoms with van der Waals surface area (Å²) in [6.07, 6.45) is 3.14. The van der Waals surface area contributed by atoms with Crippen molar-refractivity contribution in [2.45, 2.75) is 18.1 Å². The Hall–Kier alpha value is -3.60. The van der Waals surface area contributed by atoms with Crippen molar-refractivity contribution in [3.05, 3.63) is 71.4 Å². The van der Waals surface area contributed by atoms with Gasteiger partial charge in [-0.1, -0.05) is 6.07 Å². The Morgan fingerprint density at radius 2 is 1.87 bits per heavy atom. The molecule has 9 nitrogen and oxygen atoms in total. The lowest BCUT2D eigenvalue weighted by atomic mass is 10.2. The molecule has 0 aliphatic carbocycles. The molecule has 1 aromatic carbocycles. The molecule has 2 N–H and O–H groups in total. The second-order valence-corrected chi connectivity index (χ2v) is 8.76. The maximum atomic E-state index is 13.3. The maximum absolute atomic E-state index is 13.3. The molecule has 3 heterocycles. The van der Waals surface area contributed by atoms with Gasteiger partial charge in [-0.25, -0.2) is 17.5 Å². The number of rotatable bonds is 4. The number of pyridine rings is 1. The predicted octanol–water partition coefficient (Wildman–Crippen LogP) is 1.09. The molecule has 1 aliphatic heterocycles. The average Bonchev–Trinajstić information content (AvgIpc) is 3.20. The number of fused-ring (bicyclic) bond motifs is 1. The monoisotopic (exact) mass is 429 g/mol. The Balaban J connectivity index is 1.58. The molecule has 0 spiro atoms. The summed E-state index contributed by atoms with van der Waals surface area (Å²) < 4.78 is 38.5. The highest BCUT2D eigenvalue weighted by Crippen LogP contribution is 2.32. The number of anilines is 1. The number of nitrogens with zero attached hydrogens (tertiary/aromatic N) is 3. The smallest absolute Gasteiger partial charge is 0.314 e. The fourth-order valence-electron chi connectivity index (χ4n) is 3.07. The lowest BCUT2D eigenvalue weighted by molar-refractivity contribution is -0.136. The molecular weight excluding hydrogens is 413 g/mol. The van der Waals surface area contributed by atoms with Crippen LogP contribution in [0.1, 0.15) is 16.8 Å². The third kappa shape index (κ3) is 4.06. The van der Waals surface area contributed by atoms with Crippen LogP contribution in [0.15, 0.2) is 48.8 Å². The quantitative estimate of drug-likeness (QED) is 0.599. The summed E-state index contributed by atoms with van der Waals surface area (Å²) in [5.41, 5.74) is 1.72. The van der Waals surface area contributed by atoms with Gasteiger partial charge in [0.25, 0.3) is 0 Å². The molecule has 0 saturated heterocycles. The van der Waals surface area contributed by atoms with Crippen molar-refractivity contribution in [1.82, 2.24) is 20.1 Å². The first-order chi connectivity index (χ1) is 14.3. The van der Waals surface area contributed by atoms with E-state index >= 15 is 0 Å². The molecule has 4 rings (SSSR count). The normalized spacial score (nSPS) is 14.2. The van der Waals surface area contributed by atoms with Crippen LogP contribution < -0.4 is 10.6 Å². The first kappa shape index (κ1) is 19.7. The van der Waals surface area contributed by atoms with E-state index in [1.165, 1.54) is 28.9 Å². The molecule has 0 atom stereocenters. The van der Waals surface area contributed by atoms with Crippen molar-refractivity contribution < 1.29 is 22.4 Å². The van der Waals surface area contributed by atoms with Gasteiger partial charge in [0.05, 0.1) is 22.9 Å². The highest BCUT2D eigenvalue weighted by Gasteiger charge is 2.33. The molecule has 2 aromatic heterocycles. The van der Waals surface area contributed by atoms with E-state index in [9.17, 15) is 22.4 Å². The van der Waals surface area contributed by atoms with Gasteiger partial charge in [-0.3, -0.25) is 14.6 Å². The number of carbonyl (C=O) groups excluding carboxylic acids is 2. The summed E-state index contributed by atoms with van der Waals surface area (Å²) >= 11 is 0. The first-order valence-corrected chi connectivity index (χ1v) is 10.7. The predicted molar refractivity (Wildman–Crippen MR) is 105 cm³/mol. The molecule has 0 saturated carbocycles. The van der Waals surface area contributed by atoms with Crippen LogP contribution in [0, 0.1) is 5.82 Å². The van der Waals surface area contributed by atoms with E-state index in [-0.39, 0.29) is 29.6 Å². The van der Waals surface area contributed by atoms with Gasteiger partial charge in [-0.15, -0.1) is 0 Å². The van der Waals surface area contributed by atoms with Gasteiger partial charge in [-0.05, 0) is 35.9 Å². The molecule has 2 amide bonds. The third-order valence-corrected chi connectivity index (χ3v) is 5.91. The number of carbonyl (C=O) groups is 2. The Morgan fingerprint density at radius 1 is 1.10 bits per heavy atom. The lowest BCUT2D eigenvalue weighted by Gasteiger charge is -2.11. The summed E-state index contributed by atoms with van der Waals surface area (Å²) in [4.78, 5) is 28.6. The van der Waals surface area contributed by atoms with Gasteiger partial charge in [0.2, 0.25) is 0 Å². The van der Waals surface area contributed by atoms with Crippen molar-refractivity contribution in [1.29, 1.82) is 0 Å². The Bertz CT molecular complexity index is 1220. The topological polar surface area (TPSA) is 123 Å². The fourth-order valence-corrected chi connectivity index (χ4v) is 4.56. The zero-order valence-electron chi connectivity index (χ0n) is 15.5. The number of sulfone groups is 1. The molecule has 0 unspecified atom stereocenters. The highest BCUT2D eigenvalue weighted by atomic mass is 32.2. The minimum Gasteiger partial charge on any atom is -0.344 e. The van der Waals surface area contributed by atoms with Gasteiger partial charge >= 0.3 is 11.8 Å². The zero-order chi connectivity index (χ0) is 21.3. The van der Waals surface area contributed by atoms with Crippen LogP contribution in [0.4, 0.5) is 10.2 Å². The minimum atomic E-state index is -3.39. The summed E-state index contributed by atoms with van der Waals surface area (Å²) in [7, 11) is -3.39. The third-order valence-electron chi connectivity index (χ3n) is 4.47. The van der Waals surface area contributed by atoms with Crippen LogP contribution >= 0.6 is 0 Å². The van der Waals surface area contributed by atoms with Crippen LogP contribution in [-0.2, 0) is 37.5 Å². The van der Waals surface area contributed by atoms with E-state index in [1.807, 2.05) is 0 Å². The van der Waals surface area contributed by atoms with Gasteiger partial charge in [0, 0.05) is 24.5 Å². The van der Waals surface area contributed by atoms with E-state index in [4.69, 9.17) is 0 Å². The first-order valence-electron chi connectivity index (χ1n) is 8.87. The number of nitrogens with one attached hydrogen (secondary N) is 2. The summed E-state index contributed by atoms with van der Waals surface area (Å²) in [5, 5.41) is 9.18. The zero-order valence-corrected chi connectivity index (χ0v) is 16.3. The van der Waals surface area contributed by atoms with Crippen molar-refractivity contribution >= 4 is 27.5 Å². The standard InChI is InChI=1S/C19H16FN5O4S/c20-13-3-5-14(6-4-13)25-17(15-10-30(28,29)11-16(15)24-25)23-19(27)18(26)22-9-12-2-1-7-21-8-12/h1-8H,9-11H2,(H,22,26)(H,23,27). The Labute approximate surface area is 170 Å². The highest BCUT2D eigenvalue weighted by molar-refractivity contribution is 7.90. The second kappa shape index (κ2) is 7.67. The number of hydrogen-bond donors (Lipinski definition) is 2. The molecule has 0 bridgehead atoms. The number of amides is 2. The van der Waals surface area contributed by atoms with Gasteiger partial charge in [0.1, 0.15) is 11.6 Å². The van der Waals surface area contributed by atoms with Crippen LogP contribution in [-0.4, -0.2) is 35.0 Å². The number of hydrogen-bond acceptors (Lipinski definition) is 6. The Morgan fingerprint density at radius 3 is 2.57 bits per heavy atom. The van der Waals surface area contributed by atoms with Gasteiger partial charge < -0.3 is 10.6 Å². The van der Waals surface area contributed by atoms with Crippen molar-refractivity contribution in [3.63, 3.8) is 0 Å². The van der Waals surface area contributed by atoms with Crippen LogP contribution in [0.2, 0.25) is 0 Å². The van der Waals surface area contributed by atoms with Crippen LogP contribution in [0.3, 0.4) is 0 Å². The van der Waals surface area contributed by atoms with Crippen molar-refractivity contribution in [3.8, 4) is 5.69 Å².